The lowest BCUT2D eigenvalue weighted by atomic mass is 9.75. The van der Waals surface area contributed by atoms with Crippen molar-refractivity contribution in [2.45, 2.75) is 62.8 Å². The van der Waals surface area contributed by atoms with E-state index in [1.54, 1.807) is 24.3 Å². The normalized spacial score (nSPS) is 18.8. The zero-order valence-corrected chi connectivity index (χ0v) is 29.1. The van der Waals surface area contributed by atoms with Crippen LogP contribution >= 0.6 is 11.6 Å². The third-order valence-electron chi connectivity index (χ3n) is 8.38. The van der Waals surface area contributed by atoms with Crippen molar-refractivity contribution < 1.29 is 42.2 Å². The summed E-state index contributed by atoms with van der Waals surface area (Å²) in [5.74, 6) is -0.00571. The molecule has 0 aromatic heterocycles. The quantitative estimate of drug-likeness (QED) is 0.147. The number of hydrogen-bond donors (Lipinski definition) is 3. The number of benzene rings is 2. The number of ether oxygens (including phenoxy) is 2. The van der Waals surface area contributed by atoms with Crippen LogP contribution in [-0.4, -0.2) is 69.8 Å². The number of aliphatic hydroxyl groups is 1. The fraction of sp³-hybridized carbons (Fsp3) is 0.429. The van der Waals surface area contributed by atoms with E-state index < -0.39 is 15.9 Å². The number of Topliss-reactive ketones (excluding diaryl/α,β-unsaturated/α-hetero) is 1. The van der Waals surface area contributed by atoms with Gasteiger partial charge in [-0.05, 0) is 86.4 Å². The Kier molecular flexibility index (Phi) is 13.8. The number of nitrogens with zero attached hydrogens (tertiary/aromatic N) is 1. The summed E-state index contributed by atoms with van der Waals surface area (Å²) in [6, 6.07) is 11.9. The Hall–Kier alpha value is -4.20. The van der Waals surface area contributed by atoms with Crippen LogP contribution in [0.4, 0.5) is 0 Å². The highest BCUT2D eigenvalue weighted by atomic mass is 35.5. The van der Waals surface area contributed by atoms with Crippen LogP contribution in [0.1, 0.15) is 72.6 Å². The maximum absolute atomic E-state index is 12.5. The first kappa shape index (κ1) is 37.6. The molecule has 5 rings (SSSR count). The molecule has 14 heteroatoms. The van der Waals surface area contributed by atoms with E-state index in [1.165, 1.54) is 43.0 Å². The third-order valence-corrected chi connectivity index (χ3v) is 9.90. The molecule has 12 nitrogen and oxygen atoms in total. The zero-order valence-electron chi connectivity index (χ0n) is 27.5. The highest BCUT2D eigenvalue weighted by Gasteiger charge is 2.35. The Balaban J connectivity index is 0.000000223. The van der Waals surface area contributed by atoms with Crippen molar-refractivity contribution in [3.63, 3.8) is 0 Å². The second kappa shape index (κ2) is 18.0. The Morgan fingerprint density at radius 2 is 1.71 bits per heavy atom. The van der Waals surface area contributed by atoms with Crippen molar-refractivity contribution in [3.8, 4) is 5.75 Å². The molecule has 2 aromatic carbocycles. The number of amides is 2. The smallest absolute Gasteiger partial charge is 0.268 e. The Bertz CT molecular complexity index is 1680. The summed E-state index contributed by atoms with van der Waals surface area (Å²) in [6.07, 6.45) is 6.98. The number of methoxy groups -OCH3 is 1. The molecule has 49 heavy (non-hydrogen) atoms. The number of ketones is 1. The van der Waals surface area contributed by atoms with Gasteiger partial charge in [-0.3, -0.25) is 14.4 Å². The van der Waals surface area contributed by atoms with Gasteiger partial charge in [-0.2, -0.15) is 0 Å². The molecule has 2 fully saturated rings. The molecule has 3 aliphatic rings. The molecule has 0 spiro atoms. The first-order chi connectivity index (χ1) is 23.6. The lowest BCUT2D eigenvalue weighted by Crippen LogP contribution is -2.31. The van der Waals surface area contributed by atoms with E-state index in [2.05, 4.69) is 10.5 Å². The topological polar surface area (TPSA) is 170 Å². The molecule has 2 aromatic rings. The van der Waals surface area contributed by atoms with Gasteiger partial charge >= 0.3 is 0 Å². The largest absolute Gasteiger partial charge is 0.511 e. The fourth-order valence-electron chi connectivity index (χ4n) is 5.60. The summed E-state index contributed by atoms with van der Waals surface area (Å²) < 4.78 is 37.3. The number of para-hydroxylation sites is 1. The van der Waals surface area contributed by atoms with Gasteiger partial charge in [-0.1, -0.05) is 35.8 Å². The number of rotatable bonds is 12. The predicted molar refractivity (Wildman–Crippen MR) is 184 cm³/mol. The van der Waals surface area contributed by atoms with Gasteiger partial charge in [0.15, 0.2) is 5.78 Å². The van der Waals surface area contributed by atoms with E-state index in [0.717, 1.165) is 38.9 Å². The number of halogens is 1. The molecular formula is C35H42ClN3O9S. The first-order valence-corrected chi connectivity index (χ1v) is 18.1. The lowest BCUT2D eigenvalue weighted by molar-refractivity contribution is -0.117. The number of oxime groups is 1. The van der Waals surface area contributed by atoms with Crippen molar-refractivity contribution in [2.75, 3.05) is 26.9 Å². The number of carbonyl (C=O) groups is 3. The SMILES string of the molecule is CC/C(=N\OC/C=C/Cl)C1=C(O)CC(C2CCOCC2)CC1=O.COc1ccccc1C(=O)NS(=O)(=O)c1ccc(C(=O)NC2CC2)cc1. The van der Waals surface area contributed by atoms with Crippen molar-refractivity contribution in [1.82, 2.24) is 10.0 Å². The van der Waals surface area contributed by atoms with E-state index in [0.29, 0.717) is 42.0 Å². The summed E-state index contributed by atoms with van der Waals surface area (Å²) >= 11 is 5.41. The summed E-state index contributed by atoms with van der Waals surface area (Å²) in [6.45, 7) is 3.62. The number of allylic oxidation sites excluding steroid dienone is 2. The van der Waals surface area contributed by atoms with Crippen LogP contribution < -0.4 is 14.8 Å². The predicted octanol–water partition coefficient (Wildman–Crippen LogP) is 5.45. The molecule has 1 heterocycles. The number of sulfonamides is 1. The minimum atomic E-state index is -4.07. The number of hydrogen-bond acceptors (Lipinski definition) is 10. The fourth-order valence-corrected chi connectivity index (χ4v) is 6.64. The molecule has 264 valence electrons. The van der Waals surface area contributed by atoms with Gasteiger partial charge in [-0.15, -0.1) is 0 Å². The summed E-state index contributed by atoms with van der Waals surface area (Å²) in [5.41, 5.74) is 2.67. The average molecular weight is 716 g/mol. The summed E-state index contributed by atoms with van der Waals surface area (Å²) in [4.78, 5) is 41.8. The van der Waals surface area contributed by atoms with Gasteiger partial charge in [0.25, 0.3) is 21.8 Å². The van der Waals surface area contributed by atoms with E-state index in [4.69, 9.17) is 25.9 Å². The summed E-state index contributed by atoms with van der Waals surface area (Å²) in [5, 5.41) is 17.2. The van der Waals surface area contributed by atoms with Crippen molar-refractivity contribution in [1.29, 1.82) is 0 Å². The zero-order chi connectivity index (χ0) is 35.4. The molecular weight excluding hydrogens is 674 g/mol. The maximum Gasteiger partial charge on any atom is 0.268 e. The van der Waals surface area contributed by atoms with Crippen LogP contribution in [0.3, 0.4) is 0 Å². The van der Waals surface area contributed by atoms with E-state index >= 15 is 0 Å². The highest BCUT2D eigenvalue weighted by molar-refractivity contribution is 7.90. The molecule has 1 atom stereocenters. The van der Waals surface area contributed by atoms with E-state index in [9.17, 15) is 27.9 Å². The monoisotopic (exact) mass is 715 g/mol. The standard InChI is InChI=1S/C18H18N2O5S.C17H24ClNO4/c1-25-16-5-3-2-4-15(16)18(22)20-26(23,24)14-10-6-12(7-11-14)17(21)19-13-8-9-13;1-2-14(19-23-7-3-6-18)17-15(20)10-13(11-16(17)21)12-4-8-22-9-5-12/h2-7,10-11,13H,8-9H2,1H3,(H,19,21)(H,20,22);3,6,12-13,20H,2,4-5,7-11H2,1H3/b;6-3+,19-14+. The van der Waals surface area contributed by atoms with Crippen LogP contribution in [0.5, 0.6) is 5.75 Å². The van der Waals surface area contributed by atoms with Crippen LogP contribution in [0.2, 0.25) is 0 Å². The average Bonchev–Trinajstić information content (AvgIpc) is 3.93. The molecule has 0 bridgehead atoms. The van der Waals surface area contributed by atoms with Gasteiger partial charge in [0.2, 0.25) is 0 Å². The van der Waals surface area contributed by atoms with Crippen LogP contribution in [0.15, 0.2) is 81.5 Å². The van der Waals surface area contributed by atoms with E-state index in [-0.39, 0.29) is 52.2 Å². The second-order valence-electron chi connectivity index (χ2n) is 11.8. The van der Waals surface area contributed by atoms with Gasteiger partial charge < -0.3 is 24.7 Å². The van der Waals surface area contributed by atoms with Crippen LogP contribution in [0.25, 0.3) is 0 Å². The molecule has 0 radical (unpaired) electrons. The molecule has 1 aliphatic heterocycles. The van der Waals surface area contributed by atoms with Gasteiger partial charge in [0, 0.05) is 43.2 Å². The van der Waals surface area contributed by atoms with Gasteiger partial charge in [-0.25, -0.2) is 13.1 Å². The molecule has 1 saturated heterocycles. The lowest BCUT2D eigenvalue weighted by Gasteiger charge is -2.32. The van der Waals surface area contributed by atoms with Gasteiger partial charge in [0.05, 0.1) is 28.9 Å². The third kappa shape index (κ3) is 10.6. The molecule has 1 saturated carbocycles. The van der Waals surface area contributed by atoms with Crippen LogP contribution in [0, 0.1) is 11.8 Å². The van der Waals surface area contributed by atoms with Crippen molar-refractivity contribution in [2.24, 2.45) is 17.0 Å². The molecule has 1 unspecified atom stereocenters. The molecule has 3 N–H and O–H groups in total. The number of aliphatic hydroxyl groups excluding tert-OH is 1. The second-order valence-corrected chi connectivity index (χ2v) is 13.8. The maximum atomic E-state index is 12.5. The molecule has 2 aliphatic carbocycles. The Morgan fingerprint density at radius 3 is 2.33 bits per heavy atom. The minimum absolute atomic E-state index is 0.0395. The first-order valence-electron chi connectivity index (χ1n) is 16.2. The Labute approximate surface area is 291 Å². The van der Waals surface area contributed by atoms with E-state index in [1.807, 2.05) is 11.6 Å². The summed E-state index contributed by atoms with van der Waals surface area (Å²) in [7, 11) is -2.68. The number of nitrogens with one attached hydrogen (secondary N) is 2. The van der Waals surface area contributed by atoms with Crippen LogP contribution in [-0.2, 0) is 24.4 Å². The Morgan fingerprint density at radius 1 is 1.02 bits per heavy atom. The van der Waals surface area contributed by atoms with Gasteiger partial charge in [0.1, 0.15) is 18.1 Å². The highest BCUT2D eigenvalue weighted by Crippen LogP contribution is 2.36. The van der Waals surface area contributed by atoms with Crippen molar-refractivity contribution >= 4 is 44.9 Å². The minimum Gasteiger partial charge on any atom is -0.511 e. The molecule has 2 amide bonds. The number of carbonyl (C=O) groups excluding carboxylic acids is 3. The van der Waals surface area contributed by atoms with Crippen molar-refractivity contribution in [3.05, 3.63) is 82.6 Å².